The molecule has 1 aromatic heterocycles. The van der Waals surface area contributed by atoms with Crippen molar-refractivity contribution in [3.8, 4) is 0 Å². The number of hydrogen-bond donors (Lipinski definition) is 1. The van der Waals surface area contributed by atoms with Crippen molar-refractivity contribution in [2.75, 3.05) is 6.54 Å². The zero-order valence-electron chi connectivity index (χ0n) is 12.9. The number of H-pyrrole nitrogens is 1. The van der Waals surface area contributed by atoms with Crippen molar-refractivity contribution in [1.82, 2.24) is 9.88 Å². The van der Waals surface area contributed by atoms with Gasteiger partial charge in [-0.2, -0.15) is 0 Å². The van der Waals surface area contributed by atoms with Crippen LogP contribution in [0.2, 0.25) is 0 Å². The van der Waals surface area contributed by atoms with Crippen molar-refractivity contribution in [3.05, 3.63) is 45.7 Å². The minimum atomic E-state index is -0.117. The summed E-state index contributed by atoms with van der Waals surface area (Å²) in [5.41, 5.74) is 2.50. The van der Waals surface area contributed by atoms with Gasteiger partial charge >= 0.3 is 0 Å². The third-order valence-electron chi connectivity index (χ3n) is 3.64. The Morgan fingerprint density at radius 3 is 2.67 bits per heavy atom. The molecule has 0 bridgehead atoms. The smallest absolute Gasteiger partial charge is 0.253 e. The van der Waals surface area contributed by atoms with Crippen molar-refractivity contribution in [2.45, 2.75) is 40.2 Å². The van der Waals surface area contributed by atoms with Gasteiger partial charge in [-0.3, -0.25) is 9.59 Å². The Morgan fingerprint density at radius 1 is 1.24 bits per heavy atom. The molecule has 0 atom stereocenters. The van der Waals surface area contributed by atoms with Crippen LogP contribution in [0.1, 0.15) is 37.8 Å². The van der Waals surface area contributed by atoms with Gasteiger partial charge in [-0.05, 0) is 43.9 Å². The Balaban J connectivity index is 2.34. The van der Waals surface area contributed by atoms with E-state index in [9.17, 15) is 9.59 Å². The first-order valence-corrected chi connectivity index (χ1v) is 7.45. The maximum atomic E-state index is 12.2. The first-order valence-electron chi connectivity index (χ1n) is 7.45. The lowest BCUT2D eigenvalue weighted by Crippen LogP contribution is -2.32. The number of pyridine rings is 1. The molecule has 0 saturated carbocycles. The van der Waals surface area contributed by atoms with Gasteiger partial charge in [-0.25, -0.2) is 0 Å². The molecule has 4 heteroatoms. The van der Waals surface area contributed by atoms with Gasteiger partial charge < -0.3 is 9.88 Å². The molecule has 112 valence electrons. The van der Waals surface area contributed by atoms with Crippen molar-refractivity contribution in [2.24, 2.45) is 0 Å². The van der Waals surface area contributed by atoms with E-state index in [-0.39, 0.29) is 11.5 Å². The van der Waals surface area contributed by atoms with Crippen LogP contribution in [0.3, 0.4) is 0 Å². The van der Waals surface area contributed by atoms with Crippen molar-refractivity contribution in [1.29, 1.82) is 0 Å². The molecule has 2 rings (SSSR count). The van der Waals surface area contributed by atoms with E-state index in [2.05, 4.69) is 4.98 Å². The molecule has 0 radical (unpaired) electrons. The van der Waals surface area contributed by atoms with Gasteiger partial charge in [-0.1, -0.05) is 18.6 Å². The average molecular weight is 286 g/mol. The number of rotatable bonds is 5. The van der Waals surface area contributed by atoms with Crippen LogP contribution in [0.5, 0.6) is 0 Å². The fourth-order valence-electron chi connectivity index (χ4n) is 2.44. The Kier molecular flexibility index (Phi) is 4.78. The second-order valence-electron chi connectivity index (χ2n) is 5.37. The Bertz CT molecular complexity index is 703. The minimum Gasteiger partial charge on any atom is -0.338 e. The van der Waals surface area contributed by atoms with Crippen LogP contribution in [-0.4, -0.2) is 22.3 Å². The Hall–Kier alpha value is -2.10. The topological polar surface area (TPSA) is 53.2 Å². The van der Waals surface area contributed by atoms with E-state index in [1.54, 1.807) is 4.90 Å². The molecule has 1 amide bonds. The van der Waals surface area contributed by atoms with Crippen LogP contribution >= 0.6 is 0 Å². The minimum absolute atomic E-state index is 0.101. The molecule has 0 unspecified atom stereocenters. The van der Waals surface area contributed by atoms with Gasteiger partial charge in [0.15, 0.2) is 0 Å². The highest BCUT2D eigenvalue weighted by Gasteiger charge is 2.13. The molecule has 1 heterocycles. The maximum Gasteiger partial charge on any atom is 0.253 e. The molecule has 1 N–H and O–H groups in total. The van der Waals surface area contributed by atoms with Crippen LogP contribution < -0.4 is 5.56 Å². The third kappa shape index (κ3) is 3.51. The van der Waals surface area contributed by atoms with Crippen LogP contribution in [0.15, 0.2) is 29.1 Å². The number of aromatic nitrogens is 1. The molecular formula is C17H22N2O2. The first-order chi connectivity index (χ1) is 10.0. The van der Waals surface area contributed by atoms with E-state index >= 15 is 0 Å². The largest absolute Gasteiger partial charge is 0.338 e. The number of hydrogen-bond acceptors (Lipinski definition) is 2. The number of carbonyl (C=O) groups excluding carboxylic acids is 1. The highest BCUT2D eigenvalue weighted by molar-refractivity contribution is 5.80. The lowest BCUT2D eigenvalue weighted by atomic mass is 10.1. The zero-order valence-corrected chi connectivity index (χ0v) is 12.9. The molecule has 0 saturated heterocycles. The van der Waals surface area contributed by atoms with Crippen molar-refractivity contribution >= 4 is 16.8 Å². The van der Waals surface area contributed by atoms with Crippen LogP contribution in [0.4, 0.5) is 0 Å². The summed E-state index contributed by atoms with van der Waals surface area (Å²) in [7, 11) is 0. The summed E-state index contributed by atoms with van der Waals surface area (Å²) < 4.78 is 0. The lowest BCUT2D eigenvalue weighted by molar-refractivity contribution is -0.131. The predicted octanol–water partition coefficient (Wildman–Crippen LogP) is 2.99. The molecule has 1 aromatic carbocycles. The molecule has 2 aromatic rings. The van der Waals surface area contributed by atoms with Crippen LogP contribution in [0, 0.1) is 6.92 Å². The molecule has 0 spiro atoms. The van der Waals surface area contributed by atoms with Crippen LogP contribution in [-0.2, 0) is 11.3 Å². The van der Waals surface area contributed by atoms with E-state index < -0.39 is 0 Å². The van der Waals surface area contributed by atoms with E-state index in [4.69, 9.17) is 0 Å². The maximum absolute atomic E-state index is 12.2. The van der Waals surface area contributed by atoms with Gasteiger partial charge in [0.1, 0.15) is 0 Å². The van der Waals surface area contributed by atoms with Crippen molar-refractivity contribution in [3.63, 3.8) is 0 Å². The van der Waals surface area contributed by atoms with Gasteiger partial charge in [0.2, 0.25) is 5.91 Å². The number of carbonyl (C=O) groups is 1. The Labute approximate surface area is 124 Å². The van der Waals surface area contributed by atoms with Crippen LogP contribution in [0.25, 0.3) is 10.9 Å². The fourth-order valence-corrected chi connectivity index (χ4v) is 2.44. The quantitative estimate of drug-likeness (QED) is 0.918. The highest BCUT2D eigenvalue weighted by Crippen LogP contribution is 2.14. The molecule has 21 heavy (non-hydrogen) atoms. The summed E-state index contributed by atoms with van der Waals surface area (Å²) >= 11 is 0. The Morgan fingerprint density at radius 2 is 2.00 bits per heavy atom. The molecule has 0 aliphatic rings. The van der Waals surface area contributed by atoms with E-state index in [1.165, 1.54) is 0 Å². The number of aromatic amines is 1. The summed E-state index contributed by atoms with van der Waals surface area (Å²) in [6.07, 6.45) is 1.35. The number of nitrogens with zero attached hydrogens (tertiary/aromatic N) is 1. The number of nitrogens with one attached hydrogen (secondary N) is 1. The SMILES string of the molecule is CCCC(=O)N(CC)Cc1cc2cc(C)ccc2[nH]c1=O. The molecular weight excluding hydrogens is 264 g/mol. The third-order valence-corrected chi connectivity index (χ3v) is 3.64. The standard InChI is InChI=1S/C17H22N2O2/c1-4-6-16(20)19(5-2)11-14-10-13-9-12(3)7-8-15(13)18-17(14)21/h7-10H,4-6,11H2,1-3H3,(H,18,21). The lowest BCUT2D eigenvalue weighted by Gasteiger charge is -2.20. The second kappa shape index (κ2) is 6.57. The normalized spacial score (nSPS) is 10.8. The summed E-state index contributed by atoms with van der Waals surface area (Å²) in [5, 5.41) is 1.00. The van der Waals surface area contributed by atoms with E-state index in [0.717, 1.165) is 22.9 Å². The number of aryl methyl sites for hydroxylation is 1. The average Bonchev–Trinajstić information content (AvgIpc) is 2.45. The monoisotopic (exact) mass is 286 g/mol. The summed E-state index contributed by atoms with van der Waals surface area (Å²) in [5.74, 6) is 0.101. The molecule has 4 nitrogen and oxygen atoms in total. The summed E-state index contributed by atoms with van der Waals surface area (Å²) in [4.78, 5) is 28.8. The molecule has 0 aliphatic heterocycles. The predicted molar refractivity (Wildman–Crippen MR) is 85.3 cm³/mol. The molecule has 0 fully saturated rings. The van der Waals surface area contributed by atoms with Gasteiger partial charge in [0.25, 0.3) is 5.56 Å². The highest BCUT2D eigenvalue weighted by atomic mass is 16.2. The van der Waals surface area contributed by atoms with E-state index in [1.807, 2.05) is 45.0 Å². The molecule has 0 aliphatic carbocycles. The first kappa shape index (κ1) is 15.3. The van der Waals surface area contributed by atoms with Gasteiger partial charge in [0, 0.05) is 24.0 Å². The fraction of sp³-hybridized carbons (Fsp3) is 0.412. The summed E-state index contributed by atoms with van der Waals surface area (Å²) in [6, 6.07) is 7.82. The van der Waals surface area contributed by atoms with E-state index in [0.29, 0.717) is 25.1 Å². The van der Waals surface area contributed by atoms with Gasteiger partial charge in [0.05, 0.1) is 6.54 Å². The number of benzene rings is 1. The zero-order chi connectivity index (χ0) is 15.4. The summed E-state index contributed by atoms with van der Waals surface area (Å²) in [6.45, 7) is 6.93. The number of fused-ring (bicyclic) bond motifs is 1. The van der Waals surface area contributed by atoms with Crippen molar-refractivity contribution < 1.29 is 4.79 Å². The second-order valence-corrected chi connectivity index (χ2v) is 5.37. The number of amides is 1. The van der Waals surface area contributed by atoms with Gasteiger partial charge in [-0.15, -0.1) is 0 Å².